The Balaban J connectivity index is 1.00. The number of Topliss-reactive ketones (excluding diaryl/α,β-unsaturated/α-hetero) is 2. The highest BCUT2D eigenvalue weighted by molar-refractivity contribution is 6.00. The van der Waals surface area contributed by atoms with Crippen LogP contribution in [0.25, 0.3) is 10.8 Å². The molecule has 6 bridgehead atoms. The number of carbonyl (C=O) groups is 3. The number of anilines is 1. The topological polar surface area (TPSA) is 196 Å². The van der Waals surface area contributed by atoms with Crippen molar-refractivity contribution >= 4 is 34.0 Å². The molecule has 8 unspecified atom stereocenters. The van der Waals surface area contributed by atoms with Gasteiger partial charge in [-0.05, 0) is 164 Å². The third kappa shape index (κ3) is 11.2. The molecule has 6 aliphatic carbocycles. The smallest absolute Gasteiger partial charge is 0.302 e. The van der Waals surface area contributed by atoms with Crippen LogP contribution in [0.15, 0.2) is 139 Å². The zero-order chi connectivity index (χ0) is 62.8. The van der Waals surface area contributed by atoms with Crippen LogP contribution in [-0.4, -0.2) is 73.8 Å². The maximum atomic E-state index is 15.8. The molecule has 8 aliphatic rings. The van der Waals surface area contributed by atoms with Crippen molar-refractivity contribution in [2.75, 3.05) is 25.1 Å². The van der Waals surface area contributed by atoms with E-state index in [1.165, 1.54) is 44.6 Å². The second kappa shape index (κ2) is 24.3. The Bertz CT molecular complexity index is 4050. The number of hydrogen-bond donors (Lipinski definition) is 6. The number of phenolic OH excluding ortho intramolecular Hbond substituents is 3. The van der Waals surface area contributed by atoms with E-state index in [0.717, 1.165) is 114 Å². The SMILES string of the molecule is COc1cc(C2CC(=O)CC(OC(C)=O)CCC34Cc5c[nH]cc5C(C#CCC3=CC=CC4C)C(c3cccc(O)c3)C3=CCNC(=C3)N(CCC(=O)C3CCCC3)c3ccc4c5c(n2cc35)CC2(CCC3(CCCC3)C2)C4O)cc(O)c1Oc1cccc(O)c1. The predicted octanol–water partition coefficient (Wildman–Crippen LogP) is 14.8. The van der Waals surface area contributed by atoms with Crippen molar-refractivity contribution in [1.29, 1.82) is 0 Å². The predicted molar refractivity (Wildman–Crippen MR) is 350 cm³/mol. The molecule has 2 aliphatic heterocycles. The fraction of sp³-hybridized carbons (Fsp3) is 0.442. The summed E-state index contributed by atoms with van der Waals surface area (Å²) >= 11 is 0. The number of rotatable bonds is 10. The largest absolute Gasteiger partial charge is 0.508 e. The van der Waals surface area contributed by atoms with Crippen molar-refractivity contribution in [3.63, 3.8) is 0 Å². The molecule has 472 valence electrons. The summed E-state index contributed by atoms with van der Waals surface area (Å²) in [6.07, 6.45) is 29.8. The number of ether oxygens (including phenoxy) is 3. The van der Waals surface area contributed by atoms with E-state index in [4.69, 9.17) is 14.2 Å². The van der Waals surface area contributed by atoms with Crippen molar-refractivity contribution in [3.8, 4) is 46.3 Å². The van der Waals surface area contributed by atoms with Crippen molar-refractivity contribution in [2.24, 2.45) is 28.1 Å². The minimum Gasteiger partial charge on any atom is -0.508 e. The molecule has 3 fully saturated rings. The van der Waals surface area contributed by atoms with Crippen LogP contribution in [0.1, 0.15) is 180 Å². The lowest BCUT2D eigenvalue weighted by molar-refractivity contribution is -0.148. The second-order valence-corrected chi connectivity index (χ2v) is 27.8. The minimum absolute atomic E-state index is 0.00262. The van der Waals surface area contributed by atoms with Gasteiger partial charge in [-0.1, -0.05) is 98.6 Å². The van der Waals surface area contributed by atoms with E-state index >= 15 is 4.79 Å². The van der Waals surface area contributed by atoms with Crippen molar-refractivity contribution < 1.29 is 49.0 Å². The molecule has 4 aromatic carbocycles. The molecule has 0 amide bonds. The highest BCUT2D eigenvalue weighted by Crippen LogP contribution is 2.65. The standard InChI is InChI=1S/C77H84N4O10/c1-47-12-8-16-54-17-10-21-60-62-44-78-43-53(62)41-77(47,54)29-24-59(90-48(2)82)39-57(85)40-65(52-35-68(87)73(69(36-52)89-3)91-58-20-11-19-56(84)38-58)81-45-63-64(23-22-61-72(63)66(81)42-76(74(61)88)31-30-75(46-76)27-6-7-28-75)80(33-26-67(86)49-13-4-5-14-49)70-37-51(25-32-79-70)71(60)50-15-9-18-55(83)34-50/h8-9,11-12,15-16,18-20,22-23,25,34-38,43-45,47,49,59-60,65,71,74,78-79,83-84,87-88H,4-7,13-14,17,24,26-33,39-42,46H2,1-3H3. The lowest BCUT2D eigenvalue weighted by Gasteiger charge is -2.43. The molecule has 14 heteroatoms. The highest BCUT2D eigenvalue weighted by atomic mass is 16.5. The Morgan fingerprint density at radius 2 is 1.67 bits per heavy atom. The molecule has 3 saturated carbocycles. The van der Waals surface area contributed by atoms with Gasteiger partial charge in [0, 0.05) is 109 Å². The molecule has 6 N–H and O–H groups in total. The van der Waals surface area contributed by atoms with Crippen LogP contribution in [0.3, 0.4) is 0 Å². The monoisotopic (exact) mass is 1220 g/mol. The molecule has 6 aromatic rings. The normalized spacial score (nSPS) is 27.0. The lowest BCUT2D eigenvalue weighted by atomic mass is 9.61. The summed E-state index contributed by atoms with van der Waals surface area (Å²) in [5.74, 6) is 7.71. The van der Waals surface area contributed by atoms with Crippen molar-refractivity contribution in [2.45, 2.75) is 166 Å². The molecule has 91 heavy (non-hydrogen) atoms. The molecule has 0 saturated heterocycles. The summed E-state index contributed by atoms with van der Waals surface area (Å²) < 4.78 is 20.9. The zero-order valence-electron chi connectivity index (χ0n) is 52.6. The fourth-order valence-electron chi connectivity index (χ4n) is 18.0. The van der Waals surface area contributed by atoms with Crippen LogP contribution in [0, 0.1) is 39.9 Å². The first-order valence-corrected chi connectivity index (χ1v) is 33.3. The first-order valence-electron chi connectivity index (χ1n) is 33.3. The van der Waals surface area contributed by atoms with E-state index in [1.807, 2.05) is 18.2 Å². The lowest BCUT2D eigenvalue weighted by Crippen LogP contribution is -2.37. The summed E-state index contributed by atoms with van der Waals surface area (Å²) in [7, 11) is 1.50. The Kier molecular flexibility index (Phi) is 16.1. The average Bonchev–Trinajstić information content (AvgIpc) is 1.58. The van der Waals surface area contributed by atoms with Gasteiger partial charge in [0.2, 0.25) is 5.75 Å². The van der Waals surface area contributed by atoms with Crippen LogP contribution in [0.5, 0.6) is 34.5 Å². The molecule has 2 aromatic heterocycles. The number of aromatic hydroxyl groups is 3. The Morgan fingerprint density at radius 3 is 2.46 bits per heavy atom. The number of dihydropyridines is 1. The van der Waals surface area contributed by atoms with Crippen LogP contribution in [0.4, 0.5) is 5.69 Å². The molecule has 14 rings (SSSR count). The number of aliphatic hydroxyl groups excluding tert-OH is 1. The van der Waals surface area contributed by atoms with E-state index in [9.17, 15) is 30.0 Å². The molecule has 4 heterocycles. The highest BCUT2D eigenvalue weighted by Gasteiger charge is 2.55. The number of H-pyrrole nitrogens is 1. The molecule has 3 spiro atoms. The molecule has 8 atom stereocenters. The Labute approximate surface area is 533 Å². The quantitative estimate of drug-likeness (QED) is 0.0562. The number of allylic oxidation sites excluding steroid dienone is 6. The van der Waals surface area contributed by atoms with Gasteiger partial charge >= 0.3 is 5.97 Å². The van der Waals surface area contributed by atoms with E-state index in [1.54, 1.807) is 24.3 Å². The third-order valence-corrected chi connectivity index (χ3v) is 22.5. The molecular weight excluding hydrogens is 1140 g/mol. The first-order chi connectivity index (χ1) is 44.1. The number of nitrogens with one attached hydrogen (secondary N) is 2. The zero-order valence-corrected chi connectivity index (χ0v) is 52.6. The fourth-order valence-corrected chi connectivity index (χ4v) is 18.0. The summed E-state index contributed by atoms with van der Waals surface area (Å²) in [5, 5.41) is 52.9. The van der Waals surface area contributed by atoms with Gasteiger partial charge in [-0.25, -0.2) is 0 Å². The van der Waals surface area contributed by atoms with Gasteiger partial charge in [0.25, 0.3) is 0 Å². The van der Waals surface area contributed by atoms with E-state index in [2.05, 4.69) is 106 Å². The van der Waals surface area contributed by atoms with Gasteiger partial charge in [0.05, 0.1) is 30.9 Å². The number of ketones is 2. The number of phenols is 3. The average molecular weight is 1230 g/mol. The van der Waals surface area contributed by atoms with Gasteiger partial charge < -0.3 is 54.4 Å². The number of aromatic amines is 1. The Morgan fingerprint density at radius 1 is 0.857 bits per heavy atom. The summed E-state index contributed by atoms with van der Waals surface area (Å²) in [6.45, 7) is 4.47. The first kappa shape index (κ1) is 60.2. The van der Waals surface area contributed by atoms with Gasteiger partial charge in [0.1, 0.15) is 40.7 Å². The van der Waals surface area contributed by atoms with Crippen LogP contribution in [0.2, 0.25) is 0 Å². The Hall–Kier alpha value is -8.41. The molecule has 0 radical (unpaired) electrons. The van der Waals surface area contributed by atoms with Gasteiger partial charge in [-0.3, -0.25) is 14.4 Å². The van der Waals surface area contributed by atoms with E-state index < -0.39 is 35.0 Å². The summed E-state index contributed by atoms with van der Waals surface area (Å²) in [4.78, 5) is 49.5. The van der Waals surface area contributed by atoms with Crippen LogP contribution < -0.4 is 19.7 Å². The molecular formula is C77H84N4O10. The number of hydrogen-bond acceptors (Lipinski definition) is 12. The number of fused-ring (bicyclic) bond motifs is 3. The minimum atomic E-state index is -0.784. The second-order valence-electron chi connectivity index (χ2n) is 27.8. The van der Waals surface area contributed by atoms with Crippen molar-refractivity contribution in [1.82, 2.24) is 14.9 Å². The number of carbonyl (C=O) groups excluding carboxylic acids is 3. The maximum absolute atomic E-state index is 15.8. The molecule has 14 nitrogen and oxygen atoms in total. The van der Waals surface area contributed by atoms with Gasteiger partial charge in [-0.2, -0.15) is 0 Å². The summed E-state index contributed by atoms with van der Waals surface area (Å²) in [5.41, 5.74) is 7.61. The summed E-state index contributed by atoms with van der Waals surface area (Å²) in [6, 6.07) is 20.8. The number of nitrogens with zero attached hydrogens (tertiary/aromatic N) is 2. The van der Waals surface area contributed by atoms with E-state index in [-0.39, 0.29) is 88.0 Å². The number of aliphatic hydroxyl groups is 1. The van der Waals surface area contributed by atoms with Crippen molar-refractivity contribution in [3.05, 3.63) is 172 Å². The number of esters is 1. The van der Waals surface area contributed by atoms with Crippen LogP contribution in [-0.2, 0) is 32.0 Å². The number of benzene rings is 4. The van der Waals surface area contributed by atoms with E-state index in [0.29, 0.717) is 57.2 Å². The maximum Gasteiger partial charge on any atom is 0.302 e. The number of aromatic nitrogens is 2. The number of methoxy groups -OCH3 is 1. The van der Waals surface area contributed by atoms with Gasteiger partial charge in [0.15, 0.2) is 11.5 Å². The third-order valence-electron chi connectivity index (χ3n) is 22.5. The van der Waals surface area contributed by atoms with Crippen LogP contribution >= 0.6 is 0 Å². The van der Waals surface area contributed by atoms with Gasteiger partial charge in [-0.15, -0.1) is 0 Å².